The van der Waals surface area contributed by atoms with Crippen LogP contribution < -0.4 is 0 Å². The molecule has 1 fully saturated rings. The van der Waals surface area contributed by atoms with Crippen molar-refractivity contribution in [2.45, 2.75) is 25.3 Å². The molecule has 0 aromatic carbocycles. The SMILES string of the molecule is O=C(O)C1CCCCN1C(=O)c1ccc(Cl)o1. The highest BCUT2D eigenvalue weighted by atomic mass is 35.5. The van der Waals surface area contributed by atoms with Gasteiger partial charge < -0.3 is 14.4 Å². The van der Waals surface area contributed by atoms with Crippen molar-refractivity contribution in [1.82, 2.24) is 4.90 Å². The number of rotatable bonds is 2. The predicted molar refractivity (Wildman–Crippen MR) is 60.0 cm³/mol. The first-order chi connectivity index (χ1) is 8.09. The Hall–Kier alpha value is -1.49. The summed E-state index contributed by atoms with van der Waals surface area (Å²) >= 11 is 5.59. The van der Waals surface area contributed by atoms with Crippen molar-refractivity contribution in [3.63, 3.8) is 0 Å². The predicted octanol–water partition coefficient (Wildman–Crippen LogP) is 2.01. The van der Waals surface area contributed by atoms with E-state index in [1.54, 1.807) is 0 Å². The molecule has 2 heterocycles. The normalized spacial score (nSPS) is 20.3. The van der Waals surface area contributed by atoms with Gasteiger partial charge in [0.05, 0.1) is 0 Å². The van der Waals surface area contributed by atoms with Gasteiger partial charge in [0, 0.05) is 6.54 Å². The Bertz CT molecular complexity index is 442. The van der Waals surface area contributed by atoms with Crippen LogP contribution in [0.3, 0.4) is 0 Å². The number of hydrogen-bond donors (Lipinski definition) is 1. The molecule has 1 saturated heterocycles. The first kappa shape index (κ1) is 12.0. The molecular formula is C11H12ClNO4. The molecule has 1 amide bonds. The highest BCUT2D eigenvalue weighted by molar-refractivity contribution is 6.29. The quantitative estimate of drug-likeness (QED) is 0.880. The summed E-state index contributed by atoms with van der Waals surface area (Å²) < 4.78 is 5.01. The number of carboxylic acids is 1. The molecule has 1 aliphatic rings. The Labute approximate surface area is 103 Å². The number of likely N-dealkylation sites (tertiary alicyclic amines) is 1. The summed E-state index contributed by atoms with van der Waals surface area (Å²) in [5, 5.41) is 9.18. The van der Waals surface area contributed by atoms with E-state index < -0.39 is 17.9 Å². The Kier molecular flexibility index (Phi) is 3.38. The number of piperidine rings is 1. The van der Waals surface area contributed by atoms with Gasteiger partial charge in [-0.15, -0.1) is 0 Å². The first-order valence-corrected chi connectivity index (χ1v) is 5.76. The molecule has 0 spiro atoms. The van der Waals surface area contributed by atoms with Crippen LogP contribution in [0.5, 0.6) is 0 Å². The van der Waals surface area contributed by atoms with Crippen molar-refractivity contribution < 1.29 is 19.1 Å². The highest BCUT2D eigenvalue weighted by Crippen LogP contribution is 2.22. The lowest BCUT2D eigenvalue weighted by Gasteiger charge is -2.32. The molecule has 1 atom stereocenters. The summed E-state index contributed by atoms with van der Waals surface area (Å²) in [5.41, 5.74) is 0. The van der Waals surface area contributed by atoms with Crippen molar-refractivity contribution in [3.8, 4) is 0 Å². The Morgan fingerprint density at radius 1 is 1.41 bits per heavy atom. The summed E-state index contributed by atoms with van der Waals surface area (Å²) in [6.07, 6.45) is 2.11. The van der Waals surface area contributed by atoms with Crippen molar-refractivity contribution in [1.29, 1.82) is 0 Å². The maximum absolute atomic E-state index is 12.0. The fourth-order valence-electron chi connectivity index (χ4n) is 2.00. The fourth-order valence-corrected chi connectivity index (χ4v) is 2.15. The van der Waals surface area contributed by atoms with E-state index in [4.69, 9.17) is 21.1 Å². The second-order valence-corrected chi connectivity index (χ2v) is 4.32. The zero-order valence-corrected chi connectivity index (χ0v) is 9.81. The zero-order chi connectivity index (χ0) is 12.4. The van der Waals surface area contributed by atoms with E-state index in [0.717, 1.165) is 12.8 Å². The molecule has 0 radical (unpaired) electrons. The van der Waals surface area contributed by atoms with Gasteiger partial charge in [0.15, 0.2) is 11.0 Å². The van der Waals surface area contributed by atoms with E-state index in [2.05, 4.69) is 0 Å². The number of carboxylic acid groups (broad SMARTS) is 1. The van der Waals surface area contributed by atoms with E-state index in [9.17, 15) is 9.59 Å². The van der Waals surface area contributed by atoms with Crippen molar-refractivity contribution in [2.75, 3.05) is 6.54 Å². The van der Waals surface area contributed by atoms with Gasteiger partial charge in [-0.2, -0.15) is 0 Å². The maximum atomic E-state index is 12.0. The Morgan fingerprint density at radius 2 is 2.18 bits per heavy atom. The Morgan fingerprint density at radius 3 is 2.76 bits per heavy atom. The molecule has 2 rings (SSSR count). The molecule has 6 heteroatoms. The van der Waals surface area contributed by atoms with Gasteiger partial charge in [-0.1, -0.05) is 0 Å². The minimum Gasteiger partial charge on any atom is -0.480 e. The molecular weight excluding hydrogens is 246 g/mol. The second kappa shape index (κ2) is 4.79. The van der Waals surface area contributed by atoms with E-state index in [0.29, 0.717) is 13.0 Å². The molecule has 1 aliphatic heterocycles. The van der Waals surface area contributed by atoms with Crippen LogP contribution in [-0.4, -0.2) is 34.5 Å². The molecule has 0 saturated carbocycles. The molecule has 1 aromatic heterocycles. The molecule has 17 heavy (non-hydrogen) atoms. The van der Waals surface area contributed by atoms with Crippen LogP contribution >= 0.6 is 11.6 Å². The van der Waals surface area contributed by atoms with E-state index in [-0.39, 0.29) is 11.0 Å². The topological polar surface area (TPSA) is 70.8 Å². The van der Waals surface area contributed by atoms with Gasteiger partial charge >= 0.3 is 5.97 Å². The molecule has 1 aromatic rings. The van der Waals surface area contributed by atoms with Gasteiger partial charge in [-0.25, -0.2) is 4.79 Å². The molecule has 92 valence electrons. The van der Waals surface area contributed by atoms with Gasteiger partial charge in [0.25, 0.3) is 5.91 Å². The average Bonchev–Trinajstić information content (AvgIpc) is 2.75. The number of hydrogen-bond acceptors (Lipinski definition) is 3. The third-order valence-electron chi connectivity index (χ3n) is 2.83. The number of amides is 1. The van der Waals surface area contributed by atoms with Crippen LogP contribution in [0.1, 0.15) is 29.8 Å². The number of furan rings is 1. The molecule has 0 aliphatic carbocycles. The van der Waals surface area contributed by atoms with Crippen molar-refractivity contribution in [2.24, 2.45) is 0 Å². The van der Waals surface area contributed by atoms with E-state index in [1.807, 2.05) is 0 Å². The summed E-state index contributed by atoms with van der Waals surface area (Å²) in [7, 11) is 0. The lowest BCUT2D eigenvalue weighted by molar-refractivity contribution is -0.143. The van der Waals surface area contributed by atoms with Gasteiger partial charge in [0.2, 0.25) is 0 Å². The molecule has 1 unspecified atom stereocenters. The lowest BCUT2D eigenvalue weighted by Crippen LogP contribution is -2.47. The van der Waals surface area contributed by atoms with Crippen molar-refractivity contribution in [3.05, 3.63) is 23.1 Å². The van der Waals surface area contributed by atoms with E-state index in [1.165, 1.54) is 17.0 Å². The summed E-state index contributed by atoms with van der Waals surface area (Å²) in [6.45, 7) is 0.439. The standard InChI is InChI=1S/C11H12ClNO4/c12-9-5-4-8(17-9)10(14)13-6-2-1-3-7(13)11(15)16/h4-5,7H,1-3,6H2,(H,15,16). The lowest BCUT2D eigenvalue weighted by atomic mass is 10.0. The van der Waals surface area contributed by atoms with E-state index >= 15 is 0 Å². The van der Waals surface area contributed by atoms with Crippen LogP contribution in [0.4, 0.5) is 0 Å². The zero-order valence-electron chi connectivity index (χ0n) is 9.06. The highest BCUT2D eigenvalue weighted by Gasteiger charge is 2.33. The third kappa shape index (κ3) is 2.44. The summed E-state index contributed by atoms with van der Waals surface area (Å²) in [6, 6.07) is 2.16. The van der Waals surface area contributed by atoms with Crippen LogP contribution in [0.2, 0.25) is 5.22 Å². The second-order valence-electron chi connectivity index (χ2n) is 3.95. The first-order valence-electron chi connectivity index (χ1n) is 5.38. The minimum atomic E-state index is -0.976. The van der Waals surface area contributed by atoms with Gasteiger partial charge in [-0.3, -0.25) is 4.79 Å². The minimum absolute atomic E-state index is 0.0863. The average molecular weight is 258 g/mol. The molecule has 1 N–H and O–H groups in total. The fraction of sp³-hybridized carbons (Fsp3) is 0.455. The summed E-state index contributed by atoms with van der Waals surface area (Å²) in [5.74, 6) is -1.30. The maximum Gasteiger partial charge on any atom is 0.326 e. The Balaban J connectivity index is 2.19. The van der Waals surface area contributed by atoms with Gasteiger partial charge in [0.1, 0.15) is 6.04 Å². The number of aliphatic carboxylic acids is 1. The van der Waals surface area contributed by atoms with Crippen LogP contribution in [0.25, 0.3) is 0 Å². The van der Waals surface area contributed by atoms with Crippen molar-refractivity contribution >= 4 is 23.5 Å². The molecule has 0 bridgehead atoms. The number of nitrogens with zero attached hydrogens (tertiary/aromatic N) is 1. The number of halogens is 1. The summed E-state index contributed by atoms with van der Waals surface area (Å²) in [4.78, 5) is 24.4. The monoisotopic (exact) mass is 257 g/mol. The number of carbonyl (C=O) groups excluding carboxylic acids is 1. The molecule has 5 nitrogen and oxygen atoms in total. The largest absolute Gasteiger partial charge is 0.480 e. The number of carbonyl (C=O) groups is 2. The van der Waals surface area contributed by atoms with Crippen LogP contribution in [0, 0.1) is 0 Å². The third-order valence-corrected chi connectivity index (χ3v) is 3.04. The van der Waals surface area contributed by atoms with Gasteiger partial charge in [-0.05, 0) is 43.0 Å². The van der Waals surface area contributed by atoms with Crippen LogP contribution in [-0.2, 0) is 4.79 Å². The van der Waals surface area contributed by atoms with Crippen LogP contribution in [0.15, 0.2) is 16.5 Å². The smallest absolute Gasteiger partial charge is 0.326 e.